The lowest BCUT2D eigenvalue weighted by Gasteiger charge is -2.16. The second-order valence-electron chi connectivity index (χ2n) is 8.46. The fraction of sp³-hybridized carbons (Fsp3) is 0.222. The molecule has 2 aliphatic rings. The fourth-order valence-corrected chi connectivity index (χ4v) is 4.80. The van der Waals surface area contributed by atoms with Crippen molar-refractivity contribution in [2.75, 3.05) is 11.9 Å². The smallest absolute Gasteiger partial charge is 0.227 e. The summed E-state index contributed by atoms with van der Waals surface area (Å²) in [5, 5.41) is 3.45. The minimum absolute atomic E-state index is 0.317. The summed E-state index contributed by atoms with van der Waals surface area (Å²) in [6.45, 7) is 0.516. The average Bonchev–Trinajstić information content (AvgIpc) is 3.52. The number of imidazole rings is 1. The number of nitrogens with zero attached hydrogens (tertiary/aromatic N) is 4. The van der Waals surface area contributed by atoms with Crippen LogP contribution in [0.1, 0.15) is 41.3 Å². The molecule has 0 fully saturated rings. The first-order valence-corrected chi connectivity index (χ1v) is 11.5. The number of fused-ring (bicyclic) bond motifs is 6. The highest BCUT2D eigenvalue weighted by atomic mass is 16.5. The lowest BCUT2D eigenvalue weighted by molar-refractivity contribution is 0.361. The van der Waals surface area contributed by atoms with Crippen molar-refractivity contribution in [3.63, 3.8) is 0 Å². The molecule has 1 unspecified atom stereocenters. The van der Waals surface area contributed by atoms with Crippen LogP contribution in [0.25, 0.3) is 5.69 Å². The third-order valence-electron chi connectivity index (χ3n) is 6.39. The maximum atomic E-state index is 6.11. The zero-order valence-electron chi connectivity index (χ0n) is 18.3. The number of hydrogen-bond donors (Lipinski definition) is 1. The van der Waals surface area contributed by atoms with Crippen molar-refractivity contribution in [1.29, 1.82) is 0 Å². The molecule has 0 radical (unpaired) electrons. The molecule has 4 bridgehead atoms. The lowest BCUT2D eigenvalue weighted by atomic mass is 9.96. The highest BCUT2D eigenvalue weighted by molar-refractivity contribution is 5.62. The summed E-state index contributed by atoms with van der Waals surface area (Å²) in [5.41, 5.74) is 6.81. The molecule has 164 valence electrons. The van der Waals surface area contributed by atoms with Crippen LogP contribution in [0, 0.1) is 0 Å². The van der Waals surface area contributed by atoms with E-state index in [1.807, 2.05) is 29.0 Å². The summed E-state index contributed by atoms with van der Waals surface area (Å²) in [5.74, 6) is 1.75. The first kappa shape index (κ1) is 19.7. The van der Waals surface area contributed by atoms with Crippen LogP contribution >= 0.6 is 0 Å². The van der Waals surface area contributed by atoms with E-state index < -0.39 is 0 Å². The first-order valence-electron chi connectivity index (χ1n) is 11.5. The predicted molar refractivity (Wildman–Crippen MR) is 128 cm³/mol. The number of nitrogens with one attached hydrogen (secondary N) is 1. The summed E-state index contributed by atoms with van der Waals surface area (Å²) in [7, 11) is 0. The Kier molecular flexibility index (Phi) is 5.11. The molecule has 1 atom stereocenters. The second-order valence-corrected chi connectivity index (χ2v) is 8.46. The largest absolute Gasteiger partial charge is 0.487 e. The highest BCUT2D eigenvalue weighted by Crippen LogP contribution is 2.39. The minimum Gasteiger partial charge on any atom is -0.487 e. The van der Waals surface area contributed by atoms with Crippen LogP contribution in [-0.4, -0.2) is 26.1 Å². The molecule has 0 saturated heterocycles. The minimum atomic E-state index is 0.317. The molecular weight excluding hydrogens is 410 g/mol. The molecule has 4 aromatic rings. The van der Waals surface area contributed by atoms with Gasteiger partial charge >= 0.3 is 0 Å². The zero-order valence-corrected chi connectivity index (χ0v) is 18.3. The van der Waals surface area contributed by atoms with Gasteiger partial charge < -0.3 is 14.6 Å². The van der Waals surface area contributed by atoms with Crippen LogP contribution in [0.15, 0.2) is 79.4 Å². The predicted octanol–water partition coefficient (Wildman–Crippen LogP) is 5.37. The molecule has 6 nitrogen and oxygen atoms in total. The molecule has 2 aromatic carbocycles. The van der Waals surface area contributed by atoms with Crippen LogP contribution in [0.4, 0.5) is 11.6 Å². The van der Waals surface area contributed by atoms with E-state index in [1.54, 1.807) is 12.5 Å². The Balaban J connectivity index is 1.42. The Bertz CT molecular complexity index is 1300. The summed E-state index contributed by atoms with van der Waals surface area (Å²) in [6, 6.07) is 16.8. The van der Waals surface area contributed by atoms with Crippen molar-refractivity contribution in [3.05, 3.63) is 102 Å². The number of benzene rings is 2. The van der Waals surface area contributed by atoms with E-state index in [0.717, 1.165) is 48.5 Å². The van der Waals surface area contributed by atoms with Gasteiger partial charge in [0.1, 0.15) is 12.4 Å². The fourth-order valence-electron chi connectivity index (χ4n) is 4.80. The number of hydrogen-bond acceptors (Lipinski definition) is 5. The van der Waals surface area contributed by atoms with Gasteiger partial charge in [-0.05, 0) is 48.9 Å². The molecule has 33 heavy (non-hydrogen) atoms. The summed E-state index contributed by atoms with van der Waals surface area (Å²) < 4.78 is 8.07. The van der Waals surface area contributed by atoms with Crippen molar-refractivity contribution in [3.8, 4) is 11.4 Å². The number of rotatable bonds is 2. The summed E-state index contributed by atoms with van der Waals surface area (Å²) in [6.07, 6.45) is 13.7. The number of ether oxygens (including phenoxy) is 1. The Morgan fingerprint density at radius 3 is 2.82 bits per heavy atom. The number of anilines is 2. The topological polar surface area (TPSA) is 64.9 Å². The molecule has 6 rings (SSSR count). The van der Waals surface area contributed by atoms with E-state index in [4.69, 9.17) is 14.7 Å². The highest BCUT2D eigenvalue weighted by Gasteiger charge is 2.29. The van der Waals surface area contributed by atoms with Gasteiger partial charge in [0.15, 0.2) is 0 Å². The molecule has 1 aliphatic carbocycles. The SMILES string of the molecule is C1=C\COc2cc(ccc2-n2ccnc2)Nc2nc(c3c(n2)C(c2ccccc2)CC3)CC/1. The van der Waals surface area contributed by atoms with E-state index in [1.165, 1.54) is 16.8 Å². The van der Waals surface area contributed by atoms with E-state index in [0.29, 0.717) is 18.5 Å². The normalized spacial score (nSPS) is 18.1. The van der Waals surface area contributed by atoms with Gasteiger partial charge in [-0.15, -0.1) is 0 Å². The molecular formula is C27H25N5O. The zero-order chi connectivity index (χ0) is 22.0. The molecule has 0 spiro atoms. The summed E-state index contributed by atoms with van der Waals surface area (Å²) in [4.78, 5) is 14.1. The van der Waals surface area contributed by atoms with E-state index in [-0.39, 0.29) is 0 Å². The number of allylic oxidation sites excluding steroid dienone is 1. The Labute approximate surface area is 193 Å². The van der Waals surface area contributed by atoms with Crippen molar-refractivity contribution < 1.29 is 4.74 Å². The van der Waals surface area contributed by atoms with Crippen LogP contribution in [-0.2, 0) is 12.8 Å². The van der Waals surface area contributed by atoms with Gasteiger partial charge in [-0.2, -0.15) is 0 Å². The number of aromatic nitrogens is 4. The first-order chi connectivity index (χ1) is 16.3. The van der Waals surface area contributed by atoms with Gasteiger partial charge in [0.05, 0.1) is 17.7 Å². The van der Waals surface area contributed by atoms with E-state index >= 15 is 0 Å². The molecule has 1 N–H and O–H groups in total. The summed E-state index contributed by atoms with van der Waals surface area (Å²) >= 11 is 0. The lowest BCUT2D eigenvalue weighted by Crippen LogP contribution is -2.08. The molecule has 0 amide bonds. The average molecular weight is 436 g/mol. The van der Waals surface area contributed by atoms with Gasteiger partial charge in [0.2, 0.25) is 5.95 Å². The van der Waals surface area contributed by atoms with Crippen molar-refractivity contribution >= 4 is 11.6 Å². The van der Waals surface area contributed by atoms with Crippen LogP contribution in [0.3, 0.4) is 0 Å². The maximum absolute atomic E-state index is 6.11. The van der Waals surface area contributed by atoms with Gasteiger partial charge in [-0.1, -0.05) is 42.5 Å². The Morgan fingerprint density at radius 2 is 1.94 bits per heavy atom. The third-order valence-corrected chi connectivity index (χ3v) is 6.39. The van der Waals surface area contributed by atoms with Gasteiger partial charge in [-0.3, -0.25) is 0 Å². The third kappa shape index (κ3) is 3.89. The van der Waals surface area contributed by atoms with Crippen molar-refractivity contribution in [1.82, 2.24) is 19.5 Å². The number of aryl methyl sites for hydroxylation is 1. The van der Waals surface area contributed by atoms with Gasteiger partial charge in [0, 0.05) is 35.8 Å². The van der Waals surface area contributed by atoms with Crippen molar-refractivity contribution in [2.45, 2.75) is 31.6 Å². The van der Waals surface area contributed by atoms with Gasteiger partial charge in [-0.25, -0.2) is 15.0 Å². The Morgan fingerprint density at radius 1 is 1.00 bits per heavy atom. The molecule has 6 heteroatoms. The van der Waals surface area contributed by atoms with Crippen molar-refractivity contribution in [2.24, 2.45) is 0 Å². The van der Waals surface area contributed by atoms with E-state index in [2.05, 4.69) is 52.8 Å². The van der Waals surface area contributed by atoms with Gasteiger partial charge in [0.25, 0.3) is 0 Å². The monoisotopic (exact) mass is 435 g/mol. The Hall–Kier alpha value is -3.93. The molecule has 0 saturated carbocycles. The standard InChI is InChI=1S/C27H25N5O/c1-3-7-19(8-4-1)21-11-12-22-23-9-5-2-6-16-33-25-17-20(29-27(30-23)31-26(21)22)10-13-24(25)32-15-14-28-18-32/h1-4,6-8,10,13-15,17-18,21H,5,9,11-12,16H2,(H,29,30,31)/b6-2-. The van der Waals surface area contributed by atoms with E-state index in [9.17, 15) is 0 Å². The van der Waals surface area contributed by atoms with Crippen LogP contribution < -0.4 is 10.1 Å². The quantitative estimate of drug-likeness (QED) is 0.429. The maximum Gasteiger partial charge on any atom is 0.227 e. The molecule has 1 aliphatic heterocycles. The molecule has 2 aromatic heterocycles. The van der Waals surface area contributed by atoms with Crippen LogP contribution in [0.2, 0.25) is 0 Å². The second kappa shape index (κ2) is 8.54. The molecule has 3 heterocycles. The van der Waals surface area contributed by atoms with Crippen LogP contribution in [0.5, 0.6) is 5.75 Å².